The Morgan fingerprint density at radius 2 is 1.96 bits per heavy atom. The average Bonchev–Trinajstić information content (AvgIpc) is 2.66. The molecule has 0 bridgehead atoms. The molecule has 2 aliphatic rings. The molecule has 2 aliphatic heterocycles. The Balaban J connectivity index is 1.64. The van der Waals surface area contributed by atoms with Crippen LogP contribution in [0.4, 0.5) is 0 Å². The van der Waals surface area contributed by atoms with Crippen LogP contribution in [0.15, 0.2) is 24.5 Å². The van der Waals surface area contributed by atoms with Crippen molar-refractivity contribution in [3.05, 3.63) is 52.6 Å². The second kappa shape index (κ2) is 7.14. The van der Waals surface area contributed by atoms with Crippen molar-refractivity contribution in [1.82, 2.24) is 9.97 Å². The van der Waals surface area contributed by atoms with Crippen molar-refractivity contribution in [3.63, 3.8) is 0 Å². The molecule has 1 unspecified atom stereocenters. The molecule has 4 nitrogen and oxygen atoms in total. The molecular formula is C24H32N2O2. The summed E-state index contributed by atoms with van der Waals surface area (Å²) < 4.78 is 12.0. The summed E-state index contributed by atoms with van der Waals surface area (Å²) in [5.41, 5.74) is 6.13. The molecular weight excluding hydrogens is 348 g/mol. The topological polar surface area (TPSA) is 44.2 Å². The SMILES string of the molecule is CC(C)(C)c1cnc2c(c1)COCC2CC(C)(C)c1ccnc2c1OCCC2. The molecule has 0 aromatic carbocycles. The van der Waals surface area contributed by atoms with Crippen LogP contribution in [0.2, 0.25) is 0 Å². The molecule has 0 N–H and O–H groups in total. The van der Waals surface area contributed by atoms with E-state index in [-0.39, 0.29) is 10.8 Å². The maximum Gasteiger partial charge on any atom is 0.144 e. The molecule has 1 atom stereocenters. The van der Waals surface area contributed by atoms with Crippen LogP contribution in [0.3, 0.4) is 0 Å². The van der Waals surface area contributed by atoms with E-state index in [0.717, 1.165) is 43.9 Å². The quantitative estimate of drug-likeness (QED) is 0.745. The van der Waals surface area contributed by atoms with E-state index in [2.05, 4.69) is 57.9 Å². The first-order valence-electron chi connectivity index (χ1n) is 10.4. The maximum absolute atomic E-state index is 6.04. The minimum Gasteiger partial charge on any atom is -0.491 e. The van der Waals surface area contributed by atoms with Gasteiger partial charge in [-0.15, -0.1) is 0 Å². The molecule has 2 aromatic rings. The molecule has 0 aliphatic carbocycles. The van der Waals surface area contributed by atoms with E-state index in [9.17, 15) is 0 Å². The number of aryl methyl sites for hydroxylation is 1. The number of hydrogen-bond donors (Lipinski definition) is 0. The number of ether oxygens (including phenoxy) is 2. The summed E-state index contributed by atoms with van der Waals surface area (Å²) in [6.45, 7) is 13.5. The van der Waals surface area contributed by atoms with Crippen LogP contribution in [-0.4, -0.2) is 23.2 Å². The molecule has 0 saturated carbocycles. The van der Waals surface area contributed by atoms with Crippen molar-refractivity contribution in [3.8, 4) is 5.75 Å². The standard InChI is InChI=1S/C24H32N2O2/c1-23(2,3)18-11-16-14-27-15-17(21(16)26-13-18)12-24(4,5)19-8-9-25-20-7-6-10-28-22(19)20/h8-9,11,13,17H,6-7,10,12,14-15H2,1-5H3. The van der Waals surface area contributed by atoms with Gasteiger partial charge in [-0.3, -0.25) is 9.97 Å². The molecule has 28 heavy (non-hydrogen) atoms. The van der Waals surface area contributed by atoms with E-state index in [1.165, 1.54) is 22.4 Å². The number of nitrogens with zero attached hydrogens (tertiary/aromatic N) is 2. The van der Waals surface area contributed by atoms with E-state index in [4.69, 9.17) is 14.5 Å². The van der Waals surface area contributed by atoms with Gasteiger partial charge in [-0.1, -0.05) is 34.6 Å². The van der Waals surface area contributed by atoms with E-state index < -0.39 is 0 Å². The molecule has 0 radical (unpaired) electrons. The Morgan fingerprint density at radius 3 is 2.75 bits per heavy atom. The Morgan fingerprint density at radius 1 is 1.14 bits per heavy atom. The van der Waals surface area contributed by atoms with Gasteiger partial charge in [0.1, 0.15) is 5.75 Å². The largest absolute Gasteiger partial charge is 0.491 e. The van der Waals surface area contributed by atoms with Crippen LogP contribution < -0.4 is 4.74 Å². The first kappa shape index (κ1) is 19.4. The third kappa shape index (κ3) is 3.67. The molecule has 150 valence electrons. The zero-order chi connectivity index (χ0) is 19.9. The van der Waals surface area contributed by atoms with Crippen LogP contribution in [0, 0.1) is 0 Å². The fourth-order valence-electron chi connectivity index (χ4n) is 4.46. The lowest BCUT2D eigenvalue weighted by Crippen LogP contribution is -2.29. The van der Waals surface area contributed by atoms with Gasteiger partial charge >= 0.3 is 0 Å². The van der Waals surface area contributed by atoms with Crippen molar-refractivity contribution < 1.29 is 9.47 Å². The second-order valence-electron chi connectivity index (χ2n) is 9.90. The summed E-state index contributed by atoms with van der Waals surface area (Å²) in [7, 11) is 0. The lowest BCUT2D eigenvalue weighted by atomic mass is 9.74. The van der Waals surface area contributed by atoms with E-state index in [1.807, 2.05) is 6.20 Å². The normalized spacial score (nSPS) is 19.5. The Labute approximate surface area is 168 Å². The van der Waals surface area contributed by atoms with Gasteiger partial charge in [0.2, 0.25) is 0 Å². The summed E-state index contributed by atoms with van der Waals surface area (Å²) in [4.78, 5) is 9.46. The zero-order valence-corrected chi connectivity index (χ0v) is 17.8. The van der Waals surface area contributed by atoms with Gasteiger partial charge in [0.25, 0.3) is 0 Å². The van der Waals surface area contributed by atoms with Gasteiger partial charge < -0.3 is 9.47 Å². The van der Waals surface area contributed by atoms with Crippen LogP contribution >= 0.6 is 0 Å². The highest BCUT2D eigenvalue weighted by Crippen LogP contribution is 2.43. The van der Waals surface area contributed by atoms with Crippen LogP contribution in [-0.2, 0) is 28.6 Å². The van der Waals surface area contributed by atoms with Gasteiger partial charge in [0.15, 0.2) is 0 Å². The number of aromatic nitrogens is 2. The monoisotopic (exact) mass is 380 g/mol. The van der Waals surface area contributed by atoms with Crippen molar-refractivity contribution in [2.24, 2.45) is 0 Å². The smallest absolute Gasteiger partial charge is 0.144 e. The fraction of sp³-hybridized carbons (Fsp3) is 0.583. The zero-order valence-electron chi connectivity index (χ0n) is 17.8. The summed E-state index contributed by atoms with van der Waals surface area (Å²) in [5.74, 6) is 1.30. The molecule has 4 heteroatoms. The highest BCUT2D eigenvalue weighted by Gasteiger charge is 2.34. The predicted molar refractivity (Wildman–Crippen MR) is 111 cm³/mol. The molecule has 0 fully saturated rings. The lowest BCUT2D eigenvalue weighted by molar-refractivity contribution is 0.0808. The maximum atomic E-state index is 6.04. The Bertz CT molecular complexity index is 867. The number of rotatable bonds is 3. The highest BCUT2D eigenvalue weighted by atomic mass is 16.5. The number of fused-ring (bicyclic) bond motifs is 2. The Kier molecular flexibility index (Phi) is 4.95. The fourth-order valence-corrected chi connectivity index (χ4v) is 4.46. The van der Waals surface area contributed by atoms with Gasteiger partial charge in [-0.2, -0.15) is 0 Å². The summed E-state index contributed by atoms with van der Waals surface area (Å²) in [5, 5.41) is 0. The minimum absolute atomic E-state index is 0.0443. The van der Waals surface area contributed by atoms with Crippen LogP contribution in [0.25, 0.3) is 0 Å². The molecule has 0 amide bonds. The van der Waals surface area contributed by atoms with Crippen LogP contribution in [0.1, 0.15) is 81.5 Å². The predicted octanol–water partition coefficient (Wildman–Crippen LogP) is 5.08. The number of hydrogen-bond acceptors (Lipinski definition) is 4. The van der Waals surface area contributed by atoms with E-state index >= 15 is 0 Å². The Hall–Kier alpha value is -1.94. The van der Waals surface area contributed by atoms with Crippen molar-refractivity contribution in [2.75, 3.05) is 13.2 Å². The van der Waals surface area contributed by atoms with Gasteiger partial charge in [0, 0.05) is 23.9 Å². The third-order valence-electron chi connectivity index (χ3n) is 6.10. The molecule has 2 aromatic heterocycles. The van der Waals surface area contributed by atoms with Gasteiger partial charge in [0.05, 0.1) is 31.2 Å². The van der Waals surface area contributed by atoms with Crippen molar-refractivity contribution >= 4 is 0 Å². The van der Waals surface area contributed by atoms with Gasteiger partial charge in [-0.25, -0.2) is 0 Å². The number of pyridine rings is 2. The minimum atomic E-state index is -0.0443. The average molecular weight is 381 g/mol. The lowest BCUT2D eigenvalue weighted by Gasteiger charge is -2.35. The molecule has 4 heterocycles. The van der Waals surface area contributed by atoms with E-state index in [1.54, 1.807) is 0 Å². The second-order valence-corrected chi connectivity index (χ2v) is 9.90. The van der Waals surface area contributed by atoms with Gasteiger partial charge in [-0.05, 0) is 53.4 Å². The molecule has 0 saturated heterocycles. The molecule has 0 spiro atoms. The van der Waals surface area contributed by atoms with Crippen molar-refractivity contribution in [2.45, 2.75) is 77.2 Å². The molecule has 4 rings (SSSR count). The third-order valence-corrected chi connectivity index (χ3v) is 6.10. The summed E-state index contributed by atoms with van der Waals surface area (Å²) >= 11 is 0. The first-order valence-corrected chi connectivity index (χ1v) is 10.4. The highest BCUT2D eigenvalue weighted by molar-refractivity contribution is 5.43. The van der Waals surface area contributed by atoms with E-state index in [0.29, 0.717) is 12.5 Å². The first-order chi connectivity index (χ1) is 13.3. The summed E-state index contributed by atoms with van der Waals surface area (Å²) in [6.07, 6.45) is 7.02. The summed E-state index contributed by atoms with van der Waals surface area (Å²) in [6, 6.07) is 4.42. The van der Waals surface area contributed by atoms with Crippen LogP contribution in [0.5, 0.6) is 5.75 Å². The van der Waals surface area contributed by atoms with Crippen molar-refractivity contribution in [1.29, 1.82) is 0 Å².